The Balaban J connectivity index is 1.79. The third-order valence-corrected chi connectivity index (χ3v) is 3.36. The van der Waals surface area contributed by atoms with Gasteiger partial charge >= 0.3 is 0 Å². The number of carbonyl (C=O) groups is 1. The predicted octanol–water partition coefficient (Wildman–Crippen LogP) is 2.22. The summed E-state index contributed by atoms with van der Waals surface area (Å²) in [7, 11) is 0. The van der Waals surface area contributed by atoms with Crippen molar-refractivity contribution < 1.29 is 4.79 Å². The highest BCUT2D eigenvalue weighted by Crippen LogP contribution is 2.21. The van der Waals surface area contributed by atoms with Crippen molar-refractivity contribution in [3.05, 3.63) is 24.3 Å². The maximum Gasteiger partial charge on any atom is 0.239 e. The number of nitrogens with zero attached hydrogens (tertiary/aromatic N) is 1. The first kappa shape index (κ1) is 13.7. The van der Waals surface area contributed by atoms with E-state index in [0.29, 0.717) is 6.54 Å². The van der Waals surface area contributed by atoms with Gasteiger partial charge in [-0.2, -0.15) is 0 Å². The summed E-state index contributed by atoms with van der Waals surface area (Å²) in [6.45, 7) is 5.45. The molecule has 1 aromatic carbocycles. The molecule has 1 heterocycles. The van der Waals surface area contributed by atoms with E-state index >= 15 is 0 Å². The lowest BCUT2D eigenvalue weighted by molar-refractivity contribution is -0.119. The summed E-state index contributed by atoms with van der Waals surface area (Å²) in [5.74, 6) is 0.0467. The number of rotatable bonds is 6. The molecule has 104 valence electrons. The van der Waals surface area contributed by atoms with Gasteiger partial charge in [-0.15, -0.1) is 0 Å². The minimum Gasteiger partial charge on any atom is -0.376 e. The molecular weight excluding hydrogens is 238 g/mol. The molecule has 1 saturated heterocycles. The van der Waals surface area contributed by atoms with E-state index in [1.807, 2.05) is 19.1 Å². The topological polar surface area (TPSA) is 44.4 Å². The van der Waals surface area contributed by atoms with Gasteiger partial charge in [0.1, 0.15) is 0 Å². The minimum atomic E-state index is 0.0467. The van der Waals surface area contributed by atoms with Gasteiger partial charge in [0.05, 0.1) is 6.54 Å². The van der Waals surface area contributed by atoms with Crippen LogP contribution in [0.1, 0.15) is 26.2 Å². The van der Waals surface area contributed by atoms with Crippen molar-refractivity contribution in [3.8, 4) is 0 Å². The van der Waals surface area contributed by atoms with E-state index < -0.39 is 0 Å². The third kappa shape index (κ3) is 4.16. The van der Waals surface area contributed by atoms with Gasteiger partial charge < -0.3 is 15.5 Å². The monoisotopic (exact) mass is 261 g/mol. The molecule has 0 radical (unpaired) electrons. The molecule has 4 heteroatoms. The number of hydrogen-bond acceptors (Lipinski definition) is 3. The highest BCUT2D eigenvalue weighted by molar-refractivity contribution is 5.80. The Labute approximate surface area is 115 Å². The Morgan fingerprint density at radius 3 is 2.53 bits per heavy atom. The van der Waals surface area contributed by atoms with Crippen molar-refractivity contribution in [2.45, 2.75) is 26.2 Å². The highest BCUT2D eigenvalue weighted by atomic mass is 16.1. The van der Waals surface area contributed by atoms with Crippen LogP contribution in [0.25, 0.3) is 0 Å². The summed E-state index contributed by atoms with van der Waals surface area (Å²) in [6.07, 6.45) is 3.55. The second-order valence-electron chi connectivity index (χ2n) is 4.94. The lowest BCUT2D eigenvalue weighted by atomic mass is 10.2. The van der Waals surface area contributed by atoms with Crippen molar-refractivity contribution in [2.75, 3.05) is 36.4 Å². The molecule has 0 unspecified atom stereocenters. The number of nitrogens with one attached hydrogen (secondary N) is 2. The van der Waals surface area contributed by atoms with Crippen molar-refractivity contribution >= 4 is 17.3 Å². The van der Waals surface area contributed by atoms with Crippen LogP contribution >= 0.6 is 0 Å². The molecule has 1 aliphatic rings. The van der Waals surface area contributed by atoms with Crippen LogP contribution in [0.3, 0.4) is 0 Å². The molecule has 1 aromatic rings. The van der Waals surface area contributed by atoms with E-state index in [9.17, 15) is 4.79 Å². The van der Waals surface area contributed by atoms with Crippen LogP contribution in [0.5, 0.6) is 0 Å². The molecule has 0 saturated carbocycles. The van der Waals surface area contributed by atoms with Crippen molar-refractivity contribution in [3.63, 3.8) is 0 Å². The van der Waals surface area contributed by atoms with Gasteiger partial charge in [-0.3, -0.25) is 4.79 Å². The average molecular weight is 261 g/mol. The molecule has 4 nitrogen and oxygen atoms in total. The molecule has 2 N–H and O–H groups in total. The number of amides is 1. The molecule has 1 aliphatic heterocycles. The van der Waals surface area contributed by atoms with Gasteiger partial charge in [0, 0.05) is 31.0 Å². The van der Waals surface area contributed by atoms with Crippen LogP contribution in [0.15, 0.2) is 24.3 Å². The fourth-order valence-electron chi connectivity index (χ4n) is 2.27. The summed E-state index contributed by atoms with van der Waals surface area (Å²) in [5, 5.41) is 5.99. The van der Waals surface area contributed by atoms with E-state index in [1.165, 1.54) is 18.5 Å². The Hall–Kier alpha value is -1.71. The van der Waals surface area contributed by atoms with Crippen LogP contribution < -0.4 is 15.5 Å². The Bertz CT molecular complexity index is 396. The van der Waals surface area contributed by atoms with Crippen LogP contribution in [0.4, 0.5) is 11.4 Å². The first-order chi connectivity index (χ1) is 9.29. The zero-order valence-electron chi connectivity index (χ0n) is 11.6. The third-order valence-electron chi connectivity index (χ3n) is 3.36. The minimum absolute atomic E-state index is 0.0467. The normalized spacial score (nSPS) is 14.5. The first-order valence-electron chi connectivity index (χ1n) is 7.15. The summed E-state index contributed by atoms with van der Waals surface area (Å²) in [4.78, 5) is 13.9. The van der Waals surface area contributed by atoms with Gasteiger partial charge in [0.2, 0.25) is 5.91 Å². The van der Waals surface area contributed by atoms with Gasteiger partial charge in [0.15, 0.2) is 0 Å². The van der Waals surface area contributed by atoms with Crippen LogP contribution in [0.2, 0.25) is 0 Å². The van der Waals surface area contributed by atoms with E-state index in [-0.39, 0.29) is 5.91 Å². The zero-order valence-corrected chi connectivity index (χ0v) is 11.6. The Kier molecular flexibility index (Phi) is 5.07. The van der Waals surface area contributed by atoms with Crippen LogP contribution in [-0.4, -0.2) is 32.1 Å². The van der Waals surface area contributed by atoms with Crippen LogP contribution in [-0.2, 0) is 4.79 Å². The van der Waals surface area contributed by atoms with Gasteiger partial charge in [-0.05, 0) is 43.5 Å². The number of hydrogen-bond donors (Lipinski definition) is 2. The van der Waals surface area contributed by atoms with Crippen molar-refractivity contribution in [1.82, 2.24) is 5.32 Å². The number of anilines is 2. The maximum atomic E-state index is 11.5. The molecule has 0 aromatic heterocycles. The second kappa shape index (κ2) is 7.02. The summed E-state index contributed by atoms with van der Waals surface area (Å²) in [6, 6.07) is 8.33. The lowest BCUT2D eigenvalue weighted by Gasteiger charge is -2.17. The largest absolute Gasteiger partial charge is 0.376 e. The van der Waals surface area contributed by atoms with E-state index in [2.05, 4.69) is 27.7 Å². The van der Waals surface area contributed by atoms with E-state index in [1.54, 1.807) is 0 Å². The smallest absolute Gasteiger partial charge is 0.239 e. The predicted molar refractivity (Wildman–Crippen MR) is 79.7 cm³/mol. The molecule has 19 heavy (non-hydrogen) atoms. The Morgan fingerprint density at radius 1 is 1.21 bits per heavy atom. The molecule has 0 spiro atoms. The second-order valence-corrected chi connectivity index (χ2v) is 4.94. The summed E-state index contributed by atoms with van der Waals surface area (Å²) >= 11 is 0. The summed E-state index contributed by atoms with van der Waals surface area (Å²) in [5.41, 5.74) is 2.27. The lowest BCUT2D eigenvalue weighted by Crippen LogP contribution is -2.30. The van der Waals surface area contributed by atoms with E-state index in [4.69, 9.17) is 0 Å². The van der Waals surface area contributed by atoms with Crippen molar-refractivity contribution in [2.24, 2.45) is 0 Å². The van der Waals surface area contributed by atoms with Crippen LogP contribution in [0, 0.1) is 0 Å². The summed E-state index contributed by atoms with van der Waals surface area (Å²) < 4.78 is 0. The average Bonchev–Trinajstić information content (AvgIpc) is 2.97. The standard InChI is InChI=1S/C15H23N3O/c1-2-9-16-15(19)12-17-13-5-7-14(8-6-13)18-10-3-4-11-18/h5-8,17H,2-4,9-12H2,1H3,(H,16,19). The SMILES string of the molecule is CCCNC(=O)CNc1ccc(N2CCCC2)cc1. The molecule has 0 aliphatic carbocycles. The zero-order chi connectivity index (χ0) is 13.5. The van der Waals surface area contributed by atoms with Crippen molar-refractivity contribution in [1.29, 1.82) is 0 Å². The first-order valence-corrected chi connectivity index (χ1v) is 7.15. The molecule has 1 amide bonds. The molecule has 0 atom stereocenters. The Morgan fingerprint density at radius 2 is 1.89 bits per heavy atom. The van der Waals surface area contributed by atoms with E-state index in [0.717, 1.165) is 31.7 Å². The van der Waals surface area contributed by atoms with Gasteiger partial charge in [-0.25, -0.2) is 0 Å². The fourth-order valence-corrected chi connectivity index (χ4v) is 2.27. The molecule has 1 fully saturated rings. The van der Waals surface area contributed by atoms with Gasteiger partial charge in [-0.1, -0.05) is 6.92 Å². The quantitative estimate of drug-likeness (QED) is 0.825. The molecule has 0 bridgehead atoms. The fraction of sp³-hybridized carbons (Fsp3) is 0.533. The maximum absolute atomic E-state index is 11.5. The molecular formula is C15H23N3O. The van der Waals surface area contributed by atoms with Gasteiger partial charge in [0.25, 0.3) is 0 Å². The highest BCUT2D eigenvalue weighted by Gasteiger charge is 2.11. The molecule has 2 rings (SSSR count). The number of carbonyl (C=O) groups excluding carboxylic acids is 1. The number of benzene rings is 1.